The van der Waals surface area contributed by atoms with Gasteiger partial charge in [0.25, 0.3) is 11.6 Å². The summed E-state index contributed by atoms with van der Waals surface area (Å²) >= 11 is 0. The molecule has 4 aromatic rings. The minimum Gasteiger partial charge on any atom is -0.355 e. The van der Waals surface area contributed by atoms with E-state index in [4.69, 9.17) is 0 Å². The molecule has 0 bridgehead atoms. The van der Waals surface area contributed by atoms with E-state index in [-0.39, 0.29) is 11.6 Å². The molecule has 1 amide bonds. The zero-order valence-corrected chi connectivity index (χ0v) is 17.8. The van der Waals surface area contributed by atoms with Crippen LogP contribution in [0.2, 0.25) is 0 Å². The van der Waals surface area contributed by atoms with E-state index in [1.165, 1.54) is 12.1 Å². The van der Waals surface area contributed by atoms with Crippen molar-refractivity contribution in [3.8, 4) is 11.1 Å². The van der Waals surface area contributed by atoms with Crippen molar-refractivity contribution < 1.29 is 9.72 Å². The Morgan fingerprint density at radius 3 is 2.15 bits per heavy atom. The highest BCUT2D eigenvalue weighted by atomic mass is 16.6. The molecule has 0 aromatic heterocycles. The largest absolute Gasteiger partial charge is 0.355 e. The van der Waals surface area contributed by atoms with Crippen LogP contribution in [0.15, 0.2) is 97.1 Å². The number of hydrogen-bond acceptors (Lipinski definition) is 4. The first-order valence-electron chi connectivity index (χ1n) is 10.7. The van der Waals surface area contributed by atoms with Crippen LogP contribution < -0.4 is 10.2 Å². The lowest BCUT2D eigenvalue weighted by Crippen LogP contribution is -2.37. The van der Waals surface area contributed by atoms with Gasteiger partial charge in [0.2, 0.25) is 0 Å². The first-order chi connectivity index (χ1) is 16.1. The summed E-state index contributed by atoms with van der Waals surface area (Å²) in [6.45, 7) is 0.609. The predicted molar refractivity (Wildman–Crippen MR) is 130 cm³/mol. The number of benzene rings is 4. The lowest BCUT2D eigenvalue weighted by molar-refractivity contribution is -0.384. The number of nitrogens with one attached hydrogen (secondary N) is 1. The number of nitrogens with zero attached hydrogens (tertiary/aromatic N) is 2. The molecule has 1 aliphatic rings. The van der Waals surface area contributed by atoms with E-state index >= 15 is 0 Å². The number of non-ortho nitro benzene ring substituents is 1. The Bertz CT molecular complexity index is 1320. The Kier molecular flexibility index (Phi) is 5.32. The third-order valence-electron chi connectivity index (χ3n) is 5.83. The smallest absolute Gasteiger partial charge is 0.269 e. The fraction of sp³-hybridized carbons (Fsp3) is 0.0741. The molecule has 1 heterocycles. The highest BCUT2D eigenvalue weighted by Crippen LogP contribution is 2.36. The maximum atomic E-state index is 13.4. The van der Waals surface area contributed by atoms with Gasteiger partial charge in [-0.05, 0) is 53.9 Å². The molecule has 4 aromatic carbocycles. The molecule has 1 aliphatic heterocycles. The van der Waals surface area contributed by atoms with Crippen LogP contribution in [0.4, 0.5) is 22.7 Å². The molecule has 0 atom stereocenters. The van der Waals surface area contributed by atoms with Crippen molar-refractivity contribution in [1.82, 2.24) is 0 Å². The van der Waals surface area contributed by atoms with Gasteiger partial charge in [0.05, 0.1) is 4.92 Å². The zero-order valence-electron chi connectivity index (χ0n) is 17.8. The molecule has 0 fully saturated rings. The summed E-state index contributed by atoms with van der Waals surface area (Å²) in [5, 5.41) is 14.4. The molecule has 162 valence electrons. The minimum absolute atomic E-state index is 0.0125. The Balaban J connectivity index is 1.56. The average molecular weight is 435 g/mol. The number of hydrogen-bond donors (Lipinski definition) is 1. The number of anilines is 3. The SMILES string of the molecule is O=C1c2cc(-c3ccccc3)c(Nc3ccc([N+](=O)[O-])cc3)cc2CCN1c1ccccc1. The van der Waals surface area contributed by atoms with Gasteiger partial charge in [0, 0.05) is 46.9 Å². The Labute approximate surface area is 191 Å². The molecular weight excluding hydrogens is 414 g/mol. The van der Waals surface area contributed by atoms with Crippen LogP contribution in [-0.4, -0.2) is 17.4 Å². The third kappa shape index (κ3) is 4.06. The third-order valence-corrected chi connectivity index (χ3v) is 5.83. The quantitative estimate of drug-likeness (QED) is 0.299. The number of fused-ring (bicyclic) bond motifs is 1. The van der Waals surface area contributed by atoms with Gasteiger partial charge in [0.15, 0.2) is 0 Å². The molecule has 0 aliphatic carbocycles. The molecule has 5 rings (SSSR count). The Morgan fingerprint density at radius 1 is 0.818 bits per heavy atom. The summed E-state index contributed by atoms with van der Waals surface area (Å²) in [5.74, 6) is -0.0125. The lowest BCUT2D eigenvalue weighted by Gasteiger charge is -2.30. The van der Waals surface area contributed by atoms with E-state index in [9.17, 15) is 14.9 Å². The summed E-state index contributed by atoms with van der Waals surface area (Å²) in [4.78, 5) is 25.8. The average Bonchev–Trinajstić information content (AvgIpc) is 2.85. The molecular formula is C27H21N3O3. The molecule has 6 nitrogen and oxygen atoms in total. The predicted octanol–water partition coefficient (Wildman–Crippen LogP) is 6.21. The summed E-state index contributed by atoms with van der Waals surface area (Å²) in [7, 11) is 0. The standard InChI is InChI=1S/C27H21N3O3/c31-27-25-18-24(19-7-3-1-4-8-19)26(28-21-11-13-23(14-12-21)30(32)33)17-20(25)15-16-29(27)22-9-5-2-6-10-22/h1-14,17-18,28H,15-16H2. The van der Waals surface area contributed by atoms with Gasteiger partial charge in [-0.15, -0.1) is 0 Å². The van der Waals surface area contributed by atoms with Crippen molar-refractivity contribution >= 4 is 28.7 Å². The maximum absolute atomic E-state index is 13.4. The van der Waals surface area contributed by atoms with Crippen LogP contribution in [0.1, 0.15) is 15.9 Å². The second-order valence-corrected chi connectivity index (χ2v) is 7.89. The van der Waals surface area contributed by atoms with Crippen LogP contribution in [0.5, 0.6) is 0 Å². The summed E-state index contributed by atoms with van der Waals surface area (Å²) in [6.07, 6.45) is 0.736. The van der Waals surface area contributed by atoms with Crippen LogP contribution in [0.25, 0.3) is 11.1 Å². The highest BCUT2D eigenvalue weighted by Gasteiger charge is 2.27. The molecule has 0 saturated heterocycles. The van der Waals surface area contributed by atoms with Crippen molar-refractivity contribution in [3.63, 3.8) is 0 Å². The van der Waals surface area contributed by atoms with Gasteiger partial charge in [-0.25, -0.2) is 0 Å². The van der Waals surface area contributed by atoms with Gasteiger partial charge in [-0.3, -0.25) is 14.9 Å². The topological polar surface area (TPSA) is 75.5 Å². The van der Waals surface area contributed by atoms with Crippen LogP contribution in [0.3, 0.4) is 0 Å². The van der Waals surface area contributed by atoms with Crippen LogP contribution in [-0.2, 0) is 6.42 Å². The van der Waals surface area contributed by atoms with Gasteiger partial charge >= 0.3 is 0 Å². The second kappa shape index (κ2) is 8.59. The summed E-state index contributed by atoms with van der Waals surface area (Å²) in [6, 6.07) is 29.9. The number of nitro groups is 1. The first kappa shape index (κ1) is 20.5. The lowest BCUT2D eigenvalue weighted by atomic mass is 9.92. The van der Waals surface area contributed by atoms with Gasteiger partial charge in [-0.1, -0.05) is 48.5 Å². The highest BCUT2D eigenvalue weighted by molar-refractivity contribution is 6.09. The molecule has 6 heteroatoms. The number of para-hydroxylation sites is 1. The molecule has 0 saturated carbocycles. The van der Waals surface area contributed by atoms with E-state index in [2.05, 4.69) is 5.32 Å². The molecule has 1 N–H and O–H groups in total. The number of carbonyl (C=O) groups is 1. The monoisotopic (exact) mass is 435 g/mol. The van der Waals surface area contributed by atoms with Crippen molar-refractivity contribution in [1.29, 1.82) is 0 Å². The number of amides is 1. The van der Waals surface area contributed by atoms with Gasteiger partial charge in [-0.2, -0.15) is 0 Å². The fourth-order valence-corrected chi connectivity index (χ4v) is 4.17. The minimum atomic E-state index is -0.415. The normalized spacial score (nSPS) is 12.8. The second-order valence-electron chi connectivity index (χ2n) is 7.89. The molecule has 33 heavy (non-hydrogen) atoms. The molecule has 0 unspecified atom stereocenters. The molecule has 0 radical (unpaired) electrons. The summed E-state index contributed by atoms with van der Waals surface area (Å²) < 4.78 is 0. The van der Waals surface area contributed by atoms with Crippen molar-refractivity contribution in [3.05, 3.63) is 118 Å². The number of nitro benzene ring substituents is 1. The first-order valence-corrected chi connectivity index (χ1v) is 10.7. The van der Waals surface area contributed by atoms with Crippen molar-refractivity contribution in [2.75, 3.05) is 16.8 Å². The Morgan fingerprint density at radius 2 is 1.48 bits per heavy atom. The van der Waals surface area contributed by atoms with E-state index < -0.39 is 4.92 Å². The van der Waals surface area contributed by atoms with Crippen molar-refractivity contribution in [2.24, 2.45) is 0 Å². The summed E-state index contributed by atoms with van der Waals surface area (Å²) in [5.41, 5.74) is 6.09. The van der Waals surface area contributed by atoms with E-state index in [1.807, 2.05) is 77.7 Å². The van der Waals surface area contributed by atoms with Gasteiger partial charge in [0.1, 0.15) is 0 Å². The van der Waals surface area contributed by atoms with Crippen LogP contribution in [0, 0.1) is 10.1 Å². The van der Waals surface area contributed by atoms with E-state index in [0.29, 0.717) is 12.1 Å². The van der Waals surface area contributed by atoms with E-state index in [0.717, 1.165) is 40.2 Å². The maximum Gasteiger partial charge on any atom is 0.269 e. The van der Waals surface area contributed by atoms with Gasteiger partial charge < -0.3 is 10.2 Å². The van der Waals surface area contributed by atoms with Crippen molar-refractivity contribution in [2.45, 2.75) is 6.42 Å². The zero-order chi connectivity index (χ0) is 22.8. The number of rotatable bonds is 5. The molecule has 0 spiro atoms. The Hall–Kier alpha value is -4.45. The fourth-order valence-electron chi connectivity index (χ4n) is 4.17. The van der Waals surface area contributed by atoms with Crippen LogP contribution >= 0.6 is 0 Å². The van der Waals surface area contributed by atoms with E-state index in [1.54, 1.807) is 12.1 Å². The number of carbonyl (C=O) groups excluding carboxylic acids is 1.